The first-order chi connectivity index (χ1) is 14.9. The number of likely N-dealkylation sites (tertiary alicyclic amines) is 1. The van der Waals surface area contributed by atoms with Gasteiger partial charge >= 0.3 is 11.9 Å². The number of benzene rings is 1. The molecular weight excluding hydrogens is 416 g/mol. The van der Waals surface area contributed by atoms with Crippen LogP contribution in [-0.2, 0) is 25.5 Å². The van der Waals surface area contributed by atoms with Crippen molar-refractivity contribution in [2.45, 2.75) is 57.7 Å². The SMILES string of the molecule is CCOC(=O)[C@H](CCc1ccccc1)NC(C)C(=O)N1CCC2(CCSC2)[C@H]1C(=O)O. The number of esters is 1. The molecule has 31 heavy (non-hydrogen) atoms. The molecule has 0 bridgehead atoms. The van der Waals surface area contributed by atoms with E-state index in [0.717, 1.165) is 23.5 Å². The number of carboxylic acids is 1. The molecule has 2 saturated heterocycles. The second kappa shape index (κ2) is 10.5. The number of nitrogens with one attached hydrogen (secondary N) is 1. The molecular formula is C23H32N2O5S. The summed E-state index contributed by atoms with van der Waals surface area (Å²) in [6.07, 6.45) is 2.69. The molecule has 2 N–H and O–H groups in total. The summed E-state index contributed by atoms with van der Waals surface area (Å²) in [5.41, 5.74) is 0.767. The summed E-state index contributed by atoms with van der Waals surface area (Å²) >= 11 is 1.76. The molecule has 1 aromatic rings. The maximum Gasteiger partial charge on any atom is 0.327 e. The Morgan fingerprint density at radius 1 is 1.29 bits per heavy atom. The van der Waals surface area contributed by atoms with Gasteiger partial charge in [0.1, 0.15) is 12.1 Å². The fourth-order valence-corrected chi connectivity index (χ4v) is 6.25. The fourth-order valence-electron chi connectivity index (χ4n) is 4.70. The van der Waals surface area contributed by atoms with Crippen molar-refractivity contribution in [2.75, 3.05) is 24.7 Å². The van der Waals surface area contributed by atoms with Gasteiger partial charge in [-0.15, -0.1) is 0 Å². The van der Waals surface area contributed by atoms with Crippen LogP contribution in [0.4, 0.5) is 0 Å². The lowest BCUT2D eigenvalue weighted by Crippen LogP contribution is -2.55. The van der Waals surface area contributed by atoms with Crippen LogP contribution in [0.2, 0.25) is 0 Å². The van der Waals surface area contributed by atoms with Crippen molar-refractivity contribution in [1.82, 2.24) is 10.2 Å². The number of carbonyl (C=O) groups excluding carboxylic acids is 2. The maximum atomic E-state index is 13.2. The fraction of sp³-hybridized carbons (Fsp3) is 0.609. The smallest absolute Gasteiger partial charge is 0.327 e. The van der Waals surface area contributed by atoms with Gasteiger partial charge in [0.2, 0.25) is 5.91 Å². The van der Waals surface area contributed by atoms with Crippen LogP contribution in [0.25, 0.3) is 0 Å². The molecule has 8 heteroatoms. The van der Waals surface area contributed by atoms with Crippen LogP contribution in [0, 0.1) is 5.41 Å². The van der Waals surface area contributed by atoms with E-state index < -0.39 is 30.1 Å². The van der Waals surface area contributed by atoms with Crippen molar-refractivity contribution < 1.29 is 24.2 Å². The van der Waals surface area contributed by atoms with E-state index in [1.807, 2.05) is 30.3 Å². The molecule has 170 valence electrons. The molecule has 1 spiro atoms. The van der Waals surface area contributed by atoms with E-state index in [2.05, 4.69) is 5.32 Å². The average Bonchev–Trinajstić information content (AvgIpc) is 3.38. The highest BCUT2D eigenvalue weighted by Gasteiger charge is 2.54. The lowest BCUT2D eigenvalue weighted by atomic mass is 9.80. The van der Waals surface area contributed by atoms with Crippen LogP contribution < -0.4 is 5.32 Å². The van der Waals surface area contributed by atoms with Crippen molar-refractivity contribution in [3.8, 4) is 0 Å². The van der Waals surface area contributed by atoms with E-state index in [9.17, 15) is 19.5 Å². The number of amides is 1. The zero-order chi connectivity index (χ0) is 22.4. The van der Waals surface area contributed by atoms with Gasteiger partial charge in [-0.3, -0.25) is 14.9 Å². The van der Waals surface area contributed by atoms with E-state index in [4.69, 9.17) is 4.74 Å². The molecule has 2 aliphatic rings. The third kappa shape index (κ3) is 5.41. The molecule has 7 nitrogen and oxygen atoms in total. The third-order valence-corrected chi connectivity index (χ3v) is 7.62. The predicted octanol–water partition coefficient (Wildman–Crippen LogP) is 2.34. The summed E-state index contributed by atoms with van der Waals surface area (Å²) in [5, 5.41) is 13.0. The highest BCUT2D eigenvalue weighted by molar-refractivity contribution is 7.99. The first-order valence-corrected chi connectivity index (χ1v) is 12.1. The van der Waals surface area contributed by atoms with Gasteiger partial charge in [0.15, 0.2) is 0 Å². The Morgan fingerprint density at radius 3 is 2.65 bits per heavy atom. The predicted molar refractivity (Wildman–Crippen MR) is 120 cm³/mol. The molecule has 1 amide bonds. The first kappa shape index (κ1) is 23.6. The second-order valence-corrected chi connectivity index (χ2v) is 9.51. The Labute approximate surface area is 187 Å². The molecule has 2 heterocycles. The second-order valence-electron chi connectivity index (χ2n) is 8.40. The number of hydrogen-bond donors (Lipinski definition) is 2. The van der Waals surface area contributed by atoms with Crippen molar-refractivity contribution >= 4 is 29.6 Å². The number of thioether (sulfide) groups is 1. The lowest BCUT2D eigenvalue weighted by Gasteiger charge is -2.33. The first-order valence-electron chi connectivity index (χ1n) is 11.0. The van der Waals surface area contributed by atoms with Crippen molar-refractivity contribution in [2.24, 2.45) is 5.41 Å². The average molecular weight is 449 g/mol. The topological polar surface area (TPSA) is 95.9 Å². The van der Waals surface area contributed by atoms with E-state index in [0.29, 0.717) is 25.8 Å². The molecule has 1 aromatic carbocycles. The minimum atomic E-state index is -0.938. The monoisotopic (exact) mass is 448 g/mol. The van der Waals surface area contributed by atoms with E-state index in [-0.39, 0.29) is 17.9 Å². The van der Waals surface area contributed by atoms with Crippen LogP contribution in [0.1, 0.15) is 38.7 Å². The van der Waals surface area contributed by atoms with Crippen molar-refractivity contribution in [3.63, 3.8) is 0 Å². The summed E-state index contributed by atoms with van der Waals surface area (Å²) < 4.78 is 5.21. The number of carboxylic acid groups (broad SMARTS) is 1. The van der Waals surface area contributed by atoms with Crippen LogP contribution in [0.3, 0.4) is 0 Å². The maximum absolute atomic E-state index is 13.2. The zero-order valence-corrected chi connectivity index (χ0v) is 19.0. The van der Waals surface area contributed by atoms with Gasteiger partial charge in [0.25, 0.3) is 0 Å². The molecule has 0 radical (unpaired) electrons. The Hall–Kier alpha value is -2.06. The standard InChI is InChI=1S/C23H32N2O5S/c1-3-30-22(29)18(10-9-17-7-5-4-6-8-17)24-16(2)20(26)25-13-11-23(12-14-31-15-23)19(25)21(27)28/h4-8,16,18-19,24H,3,9-15H2,1-2H3,(H,27,28)/t16?,18-,19+,23?/m0/s1. The molecule has 4 atom stereocenters. The van der Waals surface area contributed by atoms with Crippen molar-refractivity contribution in [1.29, 1.82) is 0 Å². The van der Waals surface area contributed by atoms with Gasteiger partial charge < -0.3 is 14.7 Å². The van der Waals surface area contributed by atoms with Gasteiger partial charge in [0, 0.05) is 17.7 Å². The highest BCUT2D eigenvalue weighted by Crippen LogP contribution is 2.48. The minimum Gasteiger partial charge on any atom is -0.480 e. The highest BCUT2D eigenvalue weighted by atomic mass is 32.2. The molecule has 0 saturated carbocycles. The van der Waals surface area contributed by atoms with Gasteiger partial charge in [-0.05, 0) is 50.8 Å². The Kier molecular flexibility index (Phi) is 8.00. The summed E-state index contributed by atoms with van der Waals surface area (Å²) in [7, 11) is 0. The lowest BCUT2D eigenvalue weighted by molar-refractivity contribution is -0.153. The summed E-state index contributed by atoms with van der Waals surface area (Å²) in [6, 6.07) is 7.71. The van der Waals surface area contributed by atoms with Crippen LogP contribution in [0.15, 0.2) is 30.3 Å². The summed E-state index contributed by atoms with van der Waals surface area (Å²) in [5.74, 6) is 0.113. The Bertz CT molecular complexity index is 781. The van der Waals surface area contributed by atoms with Gasteiger partial charge in [-0.2, -0.15) is 11.8 Å². The number of rotatable bonds is 9. The number of nitrogens with zero attached hydrogens (tertiary/aromatic N) is 1. The molecule has 2 fully saturated rings. The van der Waals surface area contributed by atoms with Gasteiger partial charge in [0.05, 0.1) is 12.6 Å². The number of aliphatic carboxylic acids is 1. The number of carbonyl (C=O) groups is 3. The van der Waals surface area contributed by atoms with Crippen LogP contribution in [-0.4, -0.2) is 70.6 Å². The van der Waals surface area contributed by atoms with E-state index >= 15 is 0 Å². The Balaban J connectivity index is 1.68. The number of aryl methyl sites for hydroxylation is 1. The molecule has 0 aromatic heterocycles. The van der Waals surface area contributed by atoms with Crippen LogP contribution in [0.5, 0.6) is 0 Å². The number of hydrogen-bond acceptors (Lipinski definition) is 6. The van der Waals surface area contributed by atoms with Crippen molar-refractivity contribution in [3.05, 3.63) is 35.9 Å². The van der Waals surface area contributed by atoms with E-state index in [1.54, 1.807) is 25.6 Å². The summed E-state index contributed by atoms with van der Waals surface area (Å²) in [6.45, 7) is 4.15. The molecule has 2 unspecified atom stereocenters. The Morgan fingerprint density at radius 2 is 2.03 bits per heavy atom. The summed E-state index contributed by atoms with van der Waals surface area (Å²) in [4.78, 5) is 39.3. The van der Waals surface area contributed by atoms with Gasteiger partial charge in [-0.1, -0.05) is 30.3 Å². The largest absolute Gasteiger partial charge is 0.480 e. The molecule has 3 rings (SSSR count). The normalized spacial score (nSPS) is 24.8. The zero-order valence-electron chi connectivity index (χ0n) is 18.2. The van der Waals surface area contributed by atoms with Crippen LogP contribution >= 0.6 is 11.8 Å². The van der Waals surface area contributed by atoms with Gasteiger partial charge in [-0.25, -0.2) is 4.79 Å². The minimum absolute atomic E-state index is 0.262. The molecule has 0 aliphatic carbocycles. The third-order valence-electron chi connectivity index (χ3n) is 6.35. The van der Waals surface area contributed by atoms with E-state index in [1.165, 1.54) is 4.90 Å². The molecule has 2 aliphatic heterocycles. The number of ether oxygens (including phenoxy) is 1. The quantitative estimate of drug-likeness (QED) is 0.560.